The van der Waals surface area contributed by atoms with Gasteiger partial charge < -0.3 is 10.6 Å². The lowest BCUT2D eigenvalue weighted by Crippen LogP contribution is -2.52. The van der Waals surface area contributed by atoms with E-state index in [0.717, 1.165) is 30.7 Å². The molecule has 1 aliphatic heterocycles. The highest BCUT2D eigenvalue weighted by Crippen LogP contribution is 2.19. The van der Waals surface area contributed by atoms with Crippen molar-refractivity contribution in [3.8, 4) is 0 Å². The quantitative estimate of drug-likeness (QED) is 0.750. The van der Waals surface area contributed by atoms with E-state index < -0.39 is 0 Å². The molecule has 2 rings (SSSR count). The zero-order chi connectivity index (χ0) is 16.7. The molecule has 0 radical (unpaired) electrons. The molecule has 1 aromatic heterocycles. The average Bonchev–Trinajstić information content (AvgIpc) is 3.08. The second-order valence-corrected chi connectivity index (χ2v) is 7.17. The van der Waals surface area contributed by atoms with Crippen molar-refractivity contribution in [1.82, 2.24) is 15.5 Å². The van der Waals surface area contributed by atoms with E-state index in [1.165, 1.54) is 17.8 Å². The molecular weight excluding hydrogens is 310 g/mol. The lowest BCUT2D eigenvalue weighted by molar-refractivity contribution is -0.128. The fourth-order valence-electron chi connectivity index (χ4n) is 2.97. The number of thiophene rings is 1. The average molecular weight is 337 g/mol. The highest BCUT2D eigenvalue weighted by Gasteiger charge is 2.29. The molecule has 128 valence electrons. The van der Waals surface area contributed by atoms with E-state index in [1.54, 1.807) is 0 Å². The van der Waals surface area contributed by atoms with Crippen LogP contribution in [-0.4, -0.2) is 48.4 Å². The van der Waals surface area contributed by atoms with Crippen molar-refractivity contribution in [2.24, 2.45) is 0 Å². The Kier molecular flexibility index (Phi) is 7.05. The number of amides is 2. The van der Waals surface area contributed by atoms with Gasteiger partial charge in [0.05, 0.1) is 10.9 Å². The molecule has 1 aromatic rings. The number of carbonyl (C=O) groups is 2. The molecule has 2 heterocycles. The van der Waals surface area contributed by atoms with Gasteiger partial charge in [-0.1, -0.05) is 12.5 Å². The summed E-state index contributed by atoms with van der Waals surface area (Å²) in [5.41, 5.74) is 0. The van der Waals surface area contributed by atoms with Crippen LogP contribution in [0.25, 0.3) is 0 Å². The topological polar surface area (TPSA) is 61.4 Å². The minimum absolute atomic E-state index is 0.00413. The molecule has 0 spiro atoms. The van der Waals surface area contributed by atoms with Gasteiger partial charge in [-0.2, -0.15) is 0 Å². The molecule has 0 bridgehead atoms. The summed E-state index contributed by atoms with van der Waals surface area (Å²) in [4.78, 5) is 27.1. The van der Waals surface area contributed by atoms with Crippen LogP contribution < -0.4 is 10.6 Å². The van der Waals surface area contributed by atoms with Crippen LogP contribution >= 0.6 is 11.3 Å². The maximum atomic E-state index is 12.4. The summed E-state index contributed by atoms with van der Waals surface area (Å²) < 4.78 is 0. The van der Waals surface area contributed by atoms with Gasteiger partial charge in [0, 0.05) is 19.1 Å². The van der Waals surface area contributed by atoms with E-state index in [1.807, 2.05) is 17.5 Å². The number of likely N-dealkylation sites (tertiary alicyclic amines) is 1. The number of piperidine rings is 1. The summed E-state index contributed by atoms with van der Waals surface area (Å²) in [5.74, 6) is 0.0903. The monoisotopic (exact) mass is 337 g/mol. The Morgan fingerprint density at radius 3 is 2.78 bits per heavy atom. The van der Waals surface area contributed by atoms with Crippen molar-refractivity contribution >= 4 is 23.2 Å². The maximum Gasteiger partial charge on any atom is 0.261 e. The molecule has 5 nitrogen and oxygen atoms in total. The summed E-state index contributed by atoms with van der Waals surface area (Å²) >= 11 is 1.43. The Morgan fingerprint density at radius 2 is 2.09 bits per heavy atom. The highest BCUT2D eigenvalue weighted by atomic mass is 32.1. The summed E-state index contributed by atoms with van der Waals surface area (Å²) in [5, 5.41) is 7.78. The van der Waals surface area contributed by atoms with Gasteiger partial charge in [-0.3, -0.25) is 14.5 Å². The zero-order valence-corrected chi connectivity index (χ0v) is 14.8. The van der Waals surface area contributed by atoms with Gasteiger partial charge in [-0.05, 0) is 51.1 Å². The van der Waals surface area contributed by atoms with Gasteiger partial charge in [-0.15, -0.1) is 11.3 Å². The fraction of sp³-hybridized carbons (Fsp3) is 0.647. The van der Waals surface area contributed by atoms with Crippen LogP contribution in [0.4, 0.5) is 0 Å². The Hall–Kier alpha value is -1.40. The molecule has 1 atom stereocenters. The van der Waals surface area contributed by atoms with Crippen molar-refractivity contribution in [2.75, 3.05) is 19.6 Å². The van der Waals surface area contributed by atoms with Gasteiger partial charge in [-0.25, -0.2) is 0 Å². The lowest BCUT2D eigenvalue weighted by atomic mass is 9.99. The first-order chi connectivity index (χ1) is 11.1. The summed E-state index contributed by atoms with van der Waals surface area (Å²) in [6.45, 7) is 6.48. The largest absolute Gasteiger partial charge is 0.355 e. The van der Waals surface area contributed by atoms with Gasteiger partial charge in [0.25, 0.3) is 5.91 Å². The molecule has 0 aromatic carbocycles. The Balaban J connectivity index is 1.65. The van der Waals surface area contributed by atoms with Crippen molar-refractivity contribution in [2.45, 2.75) is 51.6 Å². The predicted molar refractivity (Wildman–Crippen MR) is 93.8 cm³/mol. The smallest absolute Gasteiger partial charge is 0.261 e. The Bertz CT molecular complexity index is 502. The second kappa shape index (κ2) is 9.03. The maximum absolute atomic E-state index is 12.4. The van der Waals surface area contributed by atoms with Gasteiger partial charge in [0.2, 0.25) is 5.91 Å². The van der Waals surface area contributed by atoms with Crippen molar-refractivity contribution in [3.05, 3.63) is 22.4 Å². The molecule has 0 saturated carbocycles. The van der Waals surface area contributed by atoms with E-state index in [4.69, 9.17) is 0 Å². The second-order valence-electron chi connectivity index (χ2n) is 6.22. The molecule has 2 N–H and O–H groups in total. The van der Waals surface area contributed by atoms with Crippen LogP contribution in [0, 0.1) is 0 Å². The number of rotatable bonds is 7. The fourth-order valence-corrected chi connectivity index (χ4v) is 3.61. The third-order valence-corrected chi connectivity index (χ3v) is 5.06. The van der Waals surface area contributed by atoms with Crippen molar-refractivity contribution in [3.63, 3.8) is 0 Å². The molecule has 23 heavy (non-hydrogen) atoms. The number of hydrogen-bond acceptors (Lipinski definition) is 4. The highest BCUT2D eigenvalue weighted by molar-refractivity contribution is 7.12. The van der Waals surface area contributed by atoms with Crippen LogP contribution in [0.15, 0.2) is 17.5 Å². The molecule has 1 aliphatic rings. The standard InChI is InChI=1S/C17H27N3O2S/c1-13(2)20-11-4-3-7-14(20)16(21)18-9-6-10-19-17(22)15-8-5-12-23-15/h5,8,12-14H,3-4,6-7,9-11H2,1-2H3,(H,18,21)(H,19,22). The molecule has 6 heteroatoms. The SMILES string of the molecule is CC(C)N1CCCCC1C(=O)NCCCNC(=O)c1cccs1. The van der Waals surface area contributed by atoms with Gasteiger partial charge in [0.1, 0.15) is 0 Å². The summed E-state index contributed by atoms with van der Waals surface area (Å²) in [6, 6.07) is 4.08. The normalized spacial score (nSPS) is 18.8. The van der Waals surface area contributed by atoms with E-state index in [-0.39, 0.29) is 17.9 Å². The first-order valence-electron chi connectivity index (χ1n) is 8.44. The molecule has 0 aliphatic carbocycles. The van der Waals surface area contributed by atoms with Crippen LogP contribution in [0.1, 0.15) is 49.2 Å². The summed E-state index contributed by atoms with van der Waals surface area (Å²) in [7, 11) is 0. The molecular formula is C17H27N3O2S. The Labute approximate surface area is 142 Å². The predicted octanol–water partition coefficient (Wildman–Crippen LogP) is 2.25. The number of carbonyl (C=O) groups excluding carboxylic acids is 2. The van der Waals surface area contributed by atoms with Crippen molar-refractivity contribution < 1.29 is 9.59 Å². The van der Waals surface area contributed by atoms with Crippen molar-refractivity contribution in [1.29, 1.82) is 0 Å². The number of hydrogen-bond donors (Lipinski definition) is 2. The van der Waals surface area contributed by atoms with Crippen LogP contribution in [-0.2, 0) is 4.79 Å². The Morgan fingerprint density at radius 1 is 1.30 bits per heavy atom. The lowest BCUT2D eigenvalue weighted by Gasteiger charge is -2.37. The molecule has 1 unspecified atom stereocenters. The molecule has 1 fully saturated rings. The van der Waals surface area contributed by atoms with E-state index in [2.05, 4.69) is 29.4 Å². The third-order valence-electron chi connectivity index (χ3n) is 4.19. The van der Waals surface area contributed by atoms with Crippen LogP contribution in [0.2, 0.25) is 0 Å². The zero-order valence-electron chi connectivity index (χ0n) is 14.0. The minimum atomic E-state index is -0.0374. The van der Waals surface area contributed by atoms with Gasteiger partial charge in [0.15, 0.2) is 0 Å². The van der Waals surface area contributed by atoms with E-state index in [9.17, 15) is 9.59 Å². The summed E-state index contributed by atoms with van der Waals surface area (Å²) in [6.07, 6.45) is 3.99. The number of nitrogens with zero attached hydrogens (tertiary/aromatic N) is 1. The van der Waals surface area contributed by atoms with E-state index in [0.29, 0.717) is 19.1 Å². The van der Waals surface area contributed by atoms with E-state index >= 15 is 0 Å². The van der Waals surface area contributed by atoms with Crippen LogP contribution in [0.3, 0.4) is 0 Å². The van der Waals surface area contributed by atoms with Gasteiger partial charge >= 0.3 is 0 Å². The molecule has 2 amide bonds. The number of nitrogens with one attached hydrogen (secondary N) is 2. The molecule has 1 saturated heterocycles. The first-order valence-corrected chi connectivity index (χ1v) is 9.32. The minimum Gasteiger partial charge on any atom is -0.355 e. The van der Waals surface area contributed by atoms with Crippen LogP contribution in [0.5, 0.6) is 0 Å². The third kappa shape index (κ3) is 5.32. The first kappa shape index (κ1) is 17.9.